The molecule has 0 aliphatic carbocycles. The molecular weight excluding hydrogens is 270 g/mol. The lowest BCUT2D eigenvalue weighted by Gasteiger charge is -2.24. The standard InChI is InChI=1S/C15H21N3OS/c1-19-10-9-18(11-12-5-4-8-16-12)15-17-13-6-2-3-7-14(13)20-15/h2-3,6-7,12,16H,4-5,8-11H2,1H3. The fourth-order valence-corrected chi connectivity index (χ4v) is 3.64. The summed E-state index contributed by atoms with van der Waals surface area (Å²) in [5.41, 5.74) is 1.09. The molecule has 2 aromatic rings. The van der Waals surface area contributed by atoms with Crippen LogP contribution in [-0.4, -0.2) is 44.4 Å². The summed E-state index contributed by atoms with van der Waals surface area (Å²) in [6.45, 7) is 3.79. The number of rotatable bonds is 6. The Morgan fingerprint density at radius 2 is 2.35 bits per heavy atom. The summed E-state index contributed by atoms with van der Waals surface area (Å²) in [5, 5.41) is 4.67. The number of nitrogens with zero attached hydrogens (tertiary/aromatic N) is 2. The number of anilines is 1. The Hall–Kier alpha value is -1.17. The van der Waals surface area contributed by atoms with Crippen molar-refractivity contribution in [1.82, 2.24) is 10.3 Å². The second-order valence-electron chi connectivity index (χ2n) is 5.20. The largest absolute Gasteiger partial charge is 0.383 e. The highest BCUT2D eigenvalue weighted by atomic mass is 32.1. The van der Waals surface area contributed by atoms with Gasteiger partial charge in [0.15, 0.2) is 5.13 Å². The van der Waals surface area contributed by atoms with Crippen LogP contribution >= 0.6 is 11.3 Å². The smallest absolute Gasteiger partial charge is 0.186 e. The lowest BCUT2D eigenvalue weighted by atomic mass is 10.2. The summed E-state index contributed by atoms with van der Waals surface area (Å²) in [7, 11) is 1.75. The first-order valence-corrected chi connectivity index (χ1v) is 8.01. The molecule has 1 N–H and O–H groups in total. The molecule has 0 radical (unpaired) electrons. The molecular formula is C15H21N3OS. The highest BCUT2D eigenvalue weighted by Gasteiger charge is 2.20. The van der Waals surface area contributed by atoms with Crippen LogP contribution in [0.15, 0.2) is 24.3 Å². The minimum Gasteiger partial charge on any atom is -0.383 e. The van der Waals surface area contributed by atoms with Crippen molar-refractivity contribution in [2.75, 3.05) is 38.3 Å². The van der Waals surface area contributed by atoms with E-state index in [9.17, 15) is 0 Å². The predicted molar refractivity (Wildman–Crippen MR) is 84.7 cm³/mol. The van der Waals surface area contributed by atoms with E-state index in [2.05, 4.69) is 28.4 Å². The van der Waals surface area contributed by atoms with Crippen molar-refractivity contribution in [3.05, 3.63) is 24.3 Å². The fraction of sp³-hybridized carbons (Fsp3) is 0.533. The summed E-state index contributed by atoms with van der Waals surface area (Å²) in [4.78, 5) is 7.13. The maximum absolute atomic E-state index is 5.25. The number of para-hydroxylation sites is 1. The SMILES string of the molecule is COCCN(CC1CCCN1)c1nc2ccccc2s1. The summed E-state index contributed by atoms with van der Waals surface area (Å²) in [5.74, 6) is 0. The Bertz CT molecular complexity index is 518. The molecule has 0 spiro atoms. The van der Waals surface area contributed by atoms with Gasteiger partial charge in [-0.2, -0.15) is 0 Å². The Labute approximate surface area is 123 Å². The van der Waals surface area contributed by atoms with Crippen LogP contribution in [0.2, 0.25) is 0 Å². The Kier molecular flexibility index (Phi) is 4.50. The van der Waals surface area contributed by atoms with Crippen LogP contribution in [0.5, 0.6) is 0 Å². The van der Waals surface area contributed by atoms with Gasteiger partial charge in [0.2, 0.25) is 0 Å². The minimum atomic E-state index is 0.582. The van der Waals surface area contributed by atoms with Gasteiger partial charge >= 0.3 is 0 Å². The molecule has 1 aliphatic rings. The number of hydrogen-bond donors (Lipinski definition) is 1. The maximum Gasteiger partial charge on any atom is 0.186 e. The topological polar surface area (TPSA) is 37.4 Å². The normalized spacial score (nSPS) is 18.8. The van der Waals surface area contributed by atoms with E-state index in [0.29, 0.717) is 6.04 Å². The van der Waals surface area contributed by atoms with Gasteiger partial charge in [-0.15, -0.1) is 0 Å². The van der Waals surface area contributed by atoms with Gasteiger partial charge in [-0.1, -0.05) is 23.5 Å². The Morgan fingerprint density at radius 3 is 3.10 bits per heavy atom. The molecule has 5 heteroatoms. The van der Waals surface area contributed by atoms with E-state index >= 15 is 0 Å². The molecule has 1 saturated heterocycles. The molecule has 0 saturated carbocycles. The monoisotopic (exact) mass is 291 g/mol. The first kappa shape index (κ1) is 13.8. The summed E-state index contributed by atoms with van der Waals surface area (Å²) >= 11 is 1.77. The van der Waals surface area contributed by atoms with E-state index < -0.39 is 0 Å². The molecule has 2 heterocycles. The number of thiazole rings is 1. The quantitative estimate of drug-likeness (QED) is 0.887. The molecule has 4 nitrogen and oxygen atoms in total. The Morgan fingerprint density at radius 1 is 1.45 bits per heavy atom. The number of aromatic nitrogens is 1. The molecule has 3 rings (SSSR count). The second-order valence-corrected chi connectivity index (χ2v) is 6.21. The van der Waals surface area contributed by atoms with E-state index in [0.717, 1.165) is 36.9 Å². The second kappa shape index (κ2) is 6.52. The van der Waals surface area contributed by atoms with Crippen LogP contribution in [0, 0.1) is 0 Å². The van der Waals surface area contributed by atoms with Crippen LogP contribution in [0.25, 0.3) is 10.2 Å². The van der Waals surface area contributed by atoms with E-state index in [1.165, 1.54) is 17.5 Å². The fourth-order valence-electron chi connectivity index (χ4n) is 2.64. The van der Waals surface area contributed by atoms with Gasteiger partial charge in [0, 0.05) is 26.2 Å². The van der Waals surface area contributed by atoms with Crippen molar-refractivity contribution >= 4 is 26.7 Å². The van der Waals surface area contributed by atoms with Crippen LogP contribution in [-0.2, 0) is 4.74 Å². The lowest BCUT2D eigenvalue weighted by molar-refractivity contribution is 0.204. The van der Waals surface area contributed by atoms with Gasteiger partial charge in [-0.25, -0.2) is 4.98 Å². The first-order valence-electron chi connectivity index (χ1n) is 7.19. The summed E-state index contributed by atoms with van der Waals surface area (Å²) < 4.78 is 6.50. The molecule has 108 valence electrons. The van der Waals surface area contributed by atoms with Gasteiger partial charge < -0.3 is 15.0 Å². The van der Waals surface area contributed by atoms with E-state index in [4.69, 9.17) is 9.72 Å². The first-order chi connectivity index (χ1) is 9.86. The van der Waals surface area contributed by atoms with E-state index in [1.807, 2.05) is 6.07 Å². The molecule has 20 heavy (non-hydrogen) atoms. The average molecular weight is 291 g/mol. The molecule has 1 aromatic heterocycles. The molecule has 1 aliphatic heterocycles. The minimum absolute atomic E-state index is 0.582. The Balaban J connectivity index is 1.79. The zero-order chi connectivity index (χ0) is 13.8. The zero-order valence-corrected chi connectivity index (χ0v) is 12.7. The summed E-state index contributed by atoms with van der Waals surface area (Å²) in [6.07, 6.45) is 2.54. The number of benzene rings is 1. The number of hydrogen-bond acceptors (Lipinski definition) is 5. The lowest BCUT2D eigenvalue weighted by Crippen LogP contribution is -2.39. The zero-order valence-electron chi connectivity index (χ0n) is 11.8. The van der Waals surface area contributed by atoms with Crippen molar-refractivity contribution in [3.8, 4) is 0 Å². The number of fused-ring (bicyclic) bond motifs is 1. The highest BCUT2D eigenvalue weighted by Crippen LogP contribution is 2.28. The van der Waals surface area contributed by atoms with Gasteiger partial charge in [0.1, 0.15) is 0 Å². The van der Waals surface area contributed by atoms with Gasteiger partial charge in [-0.3, -0.25) is 0 Å². The van der Waals surface area contributed by atoms with Crippen LogP contribution < -0.4 is 10.2 Å². The van der Waals surface area contributed by atoms with Crippen molar-refractivity contribution in [1.29, 1.82) is 0 Å². The van der Waals surface area contributed by atoms with E-state index in [1.54, 1.807) is 18.4 Å². The molecule has 1 fully saturated rings. The van der Waals surface area contributed by atoms with Gasteiger partial charge in [0.25, 0.3) is 0 Å². The van der Waals surface area contributed by atoms with Crippen molar-refractivity contribution in [2.24, 2.45) is 0 Å². The highest BCUT2D eigenvalue weighted by molar-refractivity contribution is 7.22. The van der Waals surface area contributed by atoms with Crippen LogP contribution in [0.4, 0.5) is 5.13 Å². The van der Waals surface area contributed by atoms with Crippen LogP contribution in [0.1, 0.15) is 12.8 Å². The molecule has 0 amide bonds. The molecule has 1 unspecified atom stereocenters. The number of ether oxygens (including phenoxy) is 1. The third-order valence-electron chi connectivity index (χ3n) is 3.72. The predicted octanol–water partition coefficient (Wildman–Crippen LogP) is 2.50. The van der Waals surface area contributed by atoms with Gasteiger partial charge in [-0.05, 0) is 31.5 Å². The maximum atomic E-state index is 5.25. The number of methoxy groups -OCH3 is 1. The third kappa shape index (κ3) is 3.11. The van der Waals surface area contributed by atoms with Crippen molar-refractivity contribution < 1.29 is 4.74 Å². The third-order valence-corrected chi connectivity index (χ3v) is 4.82. The average Bonchev–Trinajstić information content (AvgIpc) is 3.12. The molecule has 0 bridgehead atoms. The van der Waals surface area contributed by atoms with Crippen molar-refractivity contribution in [3.63, 3.8) is 0 Å². The summed E-state index contributed by atoms with van der Waals surface area (Å²) in [6, 6.07) is 8.92. The van der Waals surface area contributed by atoms with Crippen LogP contribution in [0.3, 0.4) is 0 Å². The van der Waals surface area contributed by atoms with Gasteiger partial charge in [0.05, 0.1) is 16.8 Å². The molecule has 1 aromatic carbocycles. The van der Waals surface area contributed by atoms with E-state index in [-0.39, 0.29) is 0 Å². The molecule has 1 atom stereocenters. The number of nitrogens with one attached hydrogen (secondary N) is 1. The van der Waals surface area contributed by atoms with Crippen molar-refractivity contribution in [2.45, 2.75) is 18.9 Å².